The van der Waals surface area contributed by atoms with Gasteiger partial charge in [-0.15, -0.1) is 10.2 Å². The lowest BCUT2D eigenvalue weighted by molar-refractivity contribution is 0.102. The van der Waals surface area contributed by atoms with Crippen molar-refractivity contribution in [3.05, 3.63) is 34.1 Å². The van der Waals surface area contributed by atoms with Crippen molar-refractivity contribution in [2.45, 2.75) is 19.8 Å². The largest absolute Gasteiger partial charge is 0.296 e. The highest BCUT2D eigenvalue weighted by Crippen LogP contribution is 2.22. The molecule has 0 unspecified atom stereocenters. The third-order valence-corrected chi connectivity index (χ3v) is 3.49. The average Bonchev–Trinajstić information content (AvgIpc) is 2.77. The molecule has 0 saturated heterocycles. The van der Waals surface area contributed by atoms with Crippen LogP contribution in [-0.2, 0) is 0 Å². The van der Waals surface area contributed by atoms with Crippen LogP contribution >= 0.6 is 22.9 Å². The second-order valence-corrected chi connectivity index (χ2v) is 5.32. The second-order valence-electron chi connectivity index (χ2n) is 3.92. The summed E-state index contributed by atoms with van der Waals surface area (Å²) in [7, 11) is 0. The standard InChI is InChI=1S/C11H11ClN4OS/c1-6(2)10-15-16-11(18-10)14-9(17)7-3-4-13-8(12)5-7/h3-6H,1-2H3,(H,14,16,17). The molecule has 1 amide bonds. The molecular formula is C11H11ClN4OS. The van der Waals surface area contributed by atoms with Crippen LogP contribution in [0, 0.1) is 0 Å². The summed E-state index contributed by atoms with van der Waals surface area (Å²) >= 11 is 7.09. The summed E-state index contributed by atoms with van der Waals surface area (Å²) in [6.07, 6.45) is 1.48. The first-order valence-corrected chi connectivity index (χ1v) is 6.52. The number of anilines is 1. The van der Waals surface area contributed by atoms with Crippen molar-refractivity contribution in [2.75, 3.05) is 5.32 Å². The molecule has 0 aliphatic rings. The molecule has 5 nitrogen and oxygen atoms in total. The van der Waals surface area contributed by atoms with E-state index in [-0.39, 0.29) is 11.1 Å². The quantitative estimate of drug-likeness (QED) is 0.879. The van der Waals surface area contributed by atoms with Gasteiger partial charge in [-0.2, -0.15) is 0 Å². The Balaban J connectivity index is 2.11. The van der Waals surface area contributed by atoms with Crippen molar-refractivity contribution in [2.24, 2.45) is 0 Å². The van der Waals surface area contributed by atoms with Gasteiger partial charge in [0.2, 0.25) is 5.13 Å². The van der Waals surface area contributed by atoms with E-state index in [0.29, 0.717) is 16.6 Å². The van der Waals surface area contributed by atoms with Crippen LogP contribution in [0.1, 0.15) is 35.1 Å². The van der Waals surface area contributed by atoms with Crippen molar-refractivity contribution in [1.82, 2.24) is 15.2 Å². The first-order valence-electron chi connectivity index (χ1n) is 5.32. The smallest absolute Gasteiger partial charge is 0.257 e. The molecule has 7 heteroatoms. The Labute approximate surface area is 113 Å². The molecule has 18 heavy (non-hydrogen) atoms. The van der Waals surface area contributed by atoms with E-state index in [1.54, 1.807) is 6.07 Å². The van der Waals surface area contributed by atoms with Crippen LogP contribution in [0.15, 0.2) is 18.3 Å². The molecule has 0 aliphatic carbocycles. The van der Waals surface area contributed by atoms with Gasteiger partial charge < -0.3 is 0 Å². The molecule has 2 aromatic heterocycles. The maximum Gasteiger partial charge on any atom is 0.257 e. The van der Waals surface area contributed by atoms with Gasteiger partial charge in [-0.3, -0.25) is 10.1 Å². The van der Waals surface area contributed by atoms with Gasteiger partial charge in [0.15, 0.2) is 0 Å². The van der Waals surface area contributed by atoms with Crippen molar-refractivity contribution in [3.8, 4) is 0 Å². The van der Waals surface area contributed by atoms with E-state index in [2.05, 4.69) is 20.5 Å². The fraction of sp³-hybridized carbons (Fsp3) is 0.273. The van der Waals surface area contributed by atoms with E-state index in [4.69, 9.17) is 11.6 Å². The molecule has 0 spiro atoms. The molecular weight excluding hydrogens is 272 g/mol. The van der Waals surface area contributed by atoms with Gasteiger partial charge in [0.1, 0.15) is 10.2 Å². The summed E-state index contributed by atoms with van der Waals surface area (Å²) in [6, 6.07) is 3.09. The Morgan fingerprint density at radius 2 is 2.22 bits per heavy atom. The summed E-state index contributed by atoms with van der Waals surface area (Å²) in [6.45, 7) is 4.05. The van der Waals surface area contributed by atoms with E-state index in [9.17, 15) is 4.79 Å². The van der Waals surface area contributed by atoms with E-state index in [1.165, 1.54) is 23.6 Å². The fourth-order valence-electron chi connectivity index (χ4n) is 1.23. The number of nitrogens with zero attached hydrogens (tertiary/aromatic N) is 3. The number of nitrogens with one attached hydrogen (secondary N) is 1. The van der Waals surface area contributed by atoms with E-state index < -0.39 is 0 Å². The Bertz CT molecular complexity index is 570. The third kappa shape index (κ3) is 3.02. The summed E-state index contributed by atoms with van der Waals surface area (Å²) < 4.78 is 0. The minimum Gasteiger partial charge on any atom is -0.296 e. The molecule has 0 fully saturated rings. The second kappa shape index (κ2) is 5.41. The minimum absolute atomic E-state index is 0.272. The molecule has 0 aliphatic heterocycles. The zero-order valence-electron chi connectivity index (χ0n) is 9.85. The van der Waals surface area contributed by atoms with Crippen LogP contribution in [0.3, 0.4) is 0 Å². The van der Waals surface area contributed by atoms with Crippen molar-refractivity contribution < 1.29 is 4.79 Å². The predicted molar refractivity (Wildman–Crippen MR) is 71.2 cm³/mol. The van der Waals surface area contributed by atoms with Crippen LogP contribution in [-0.4, -0.2) is 21.1 Å². The van der Waals surface area contributed by atoms with Gasteiger partial charge in [0.25, 0.3) is 5.91 Å². The highest BCUT2D eigenvalue weighted by Gasteiger charge is 2.12. The zero-order valence-corrected chi connectivity index (χ0v) is 11.4. The molecule has 2 aromatic rings. The topological polar surface area (TPSA) is 67.8 Å². The predicted octanol–water partition coefficient (Wildman–Crippen LogP) is 2.96. The lowest BCUT2D eigenvalue weighted by Crippen LogP contribution is -2.11. The number of halogens is 1. The molecule has 0 aromatic carbocycles. The Kier molecular flexibility index (Phi) is 3.88. The van der Waals surface area contributed by atoms with E-state index in [0.717, 1.165) is 5.01 Å². The van der Waals surface area contributed by atoms with Crippen LogP contribution in [0.2, 0.25) is 5.15 Å². The van der Waals surface area contributed by atoms with Gasteiger partial charge in [0.05, 0.1) is 0 Å². The third-order valence-electron chi connectivity index (χ3n) is 2.14. The maximum absolute atomic E-state index is 11.9. The molecule has 1 N–H and O–H groups in total. The number of hydrogen-bond donors (Lipinski definition) is 1. The lowest BCUT2D eigenvalue weighted by atomic mass is 10.2. The molecule has 94 valence electrons. The first kappa shape index (κ1) is 12.9. The van der Waals surface area contributed by atoms with E-state index >= 15 is 0 Å². The van der Waals surface area contributed by atoms with Crippen molar-refractivity contribution in [1.29, 1.82) is 0 Å². The number of hydrogen-bond acceptors (Lipinski definition) is 5. The summed E-state index contributed by atoms with van der Waals surface area (Å²) in [5, 5.41) is 12.2. The number of rotatable bonds is 3. The molecule has 0 bridgehead atoms. The lowest BCUT2D eigenvalue weighted by Gasteiger charge is -2.00. The summed E-state index contributed by atoms with van der Waals surface area (Å²) in [4.78, 5) is 15.7. The van der Waals surface area contributed by atoms with Crippen molar-refractivity contribution in [3.63, 3.8) is 0 Å². The average molecular weight is 283 g/mol. The number of carbonyl (C=O) groups is 1. The molecule has 0 atom stereocenters. The van der Waals surface area contributed by atoms with Crippen LogP contribution < -0.4 is 5.32 Å². The van der Waals surface area contributed by atoms with Gasteiger partial charge in [-0.1, -0.05) is 36.8 Å². The first-order chi connectivity index (χ1) is 8.56. The SMILES string of the molecule is CC(C)c1nnc(NC(=O)c2ccnc(Cl)c2)s1. The number of aromatic nitrogens is 3. The highest BCUT2D eigenvalue weighted by molar-refractivity contribution is 7.15. The monoisotopic (exact) mass is 282 g/mol. The molecule has 0 radical (unpaired) electrons. The summed E-state index contributed by atoms with van der Waals surface area (Å²) in [5.41, 5.74) is 0.441. The van der Waals surface area contributed by atoms with Gasteiger partial charge in [0, 0.05) is 17.7 Å². The zero-order chi connectivity index (χ0) is 13.1. The normalized spacial score (nSPS) is 10.7. The molecule has 2 heterocycles. The van der Waals surface area contributed by atoms with Crippen LogP contribution in [0.25, 0.3) is 0 Å². The maximum atomic E-state index is 11.9. The fourth-order valence-corrected chi connectivity index (χ4v) is 2.15. The molecule has 0 saturated carbocycles. The van der Waals surface area contributed by atoms with Crippen molar-refractivity contribution >= 4 is 34.0 Å². The minimum atomic E-state index is -0.272. The number of carbonyl (C=O) groups excluding carboxylic acids is 1. The highest BCUT2D eigenvalue weighted by atomic mass is 35.5. The summed E-state index contributed by atoms with van der Waals surface area (Å²) in [5.74, 6) is 0.0225. The van der Waals surface area contributed by atoms with Gasteiger partial charge in [-0.25, -0.2) is 4.98 Å². The Morgan fingerprint density at radius 1 is 1.44 bits per heavy atom. The number of pyridine rings is 1. The van der Waals surface area contributed by atoms with Gasteiger partial charge >= 0.3 is 0 Å². The Morgan fingerprint density at radius 3 is 2.83 bits per heavy atom. The van der Waals surface area contributed by atoms with Crippen LogP contribution in [0.4, 0.5) is 5.13 Å². The van der Waals surface area contributed by atoms with Crippen LogP contribution in [0.5, 0.6) is 0 Å². The number of amides is 1. The molecule has 2 rings (SSSR count). The Hall–Kier alpha value is -1.53. The van der Waals surface area contributed by atoms with E-state index in [1.807, 2.05) is 13.8 Å². The van der Waals surface area contributed by atoms with Gasteiger partial charge in [-0.05, 0) is 12.1 Å².